The Morgan fingerprint density at radius 2 is 2.04 bits per heavy atom. The van der Waals surface area contributed by atoms with Crippen LogP contribution in [0.3, 0.4) is 0 Å². The largest absolute Gasteiger partial charge is 0.492 e. The maximum Gasteiger partial charge on any atom is 0.238 e. The summed E-state index contributed by atoms with van der Waals surface area (Å²) in [5.41, 5.74) is 2.43. The lowest BCUT2D eigenvalue weighted by Crippen LogP contribution is -2.33. The van der Waals surface area contributed by atoms with Crippen LogP contribution in [0.5, 0.6) is 5.88 Å². The number of hydrogen-bond acceptors (Lipinski definition) is 6. The van der Waals surface area contributed by atoms with Crippen molar-refractivity contribution in [3.63, 3.8) is 0 Å². The van der Waals surface area contributed by atoms with E-state index in [2.05, 4.69) is 30.2 Å². The molecule has 0 atom stereocenters. The first-order valence-electron chi connectivity index (χ1n) is 8.76. The number of fused-ring (bicyclic) bond motifs is 1. The van der Waals surface area contributed by atoms with E-state index >= 15 is 0 Å². The lowest BCUT2D eigenvalue weighted by molar-refractivity contribution is 0.237. The summed E-state index contributed by atoms with van der Waals surface area (Å²) in [6.07, 6.45) is 9.23. The molecule has 2 aromatic heterocycles. The van der Waals surface area contributed by atoms with Crippen LogP contribution < -0.4 is 5.32 Å². The SMILES string of the molecule is Cl.Cl.Oc1nc(NCCN2CCCCC2)[nH]c1C=C1C=Nc2ncccc21. The van der Waals surface area contributed by atoms with Gasteiger partial charge in [0.1, 0.15) is 5.69 Å². The number of aliphatic imine (C=N–C) groups is 1. The summed E-state index contributed by atoms with van der Waals surface area (Å²) in [5.74, 6) is 1.27. The van der Waals surface area contributed by atoms with E-state index in [0.717, 1.165) is 24.2 Å². The van der Waals surface area contributed by atoms with Crippen molar-refractivity contribution in [2.45, 2.75) is 19.3 Å². The van der Waals surface area contributed by atoms with Gasteiger partial charge in [0, 0.05) is 36.6 Å². The third kappa shape index (κ3) is 5.00. The normalized spacial score (nSPS) is 17.3. The van der Waals surface area contributed by atoms with Gasteiger partial charge in [0.05, 0.1) is 0 Å². The molecule has 2 aliphatic rings. The van der Waals surface area contributed by atoms with Crippen LogP contribution in [0.25, 0.3) is 11.6 Å². The van der Waals surface area contributed by atoms with Crippen LogP contribution in [0.1, 0.15) is 30.5 Å². The number of allylic oxidation sites excluding steroid dienone is 1. The number of likely N-dealkylation sites (tertiary alicyclic amines) is 1. The Morgan fingerprint density at radius 1 is 1.22 bits per heavy atom. The minimum Gasteiger partial charge on any atom is -0.492 e. The Balaban J connectivity index is 0.00000131. The van der Waals surface area contributed by atoms with Crippen molar-refractivity contribution in [1.29, 1.82) is 0 Å². The van der Waals surface area contributed by atoms with Gasteiger partial charge in [-0.25, -0.2) is 9.98 Å². The number of H-pyrrole nitrogens is 1. The van der Waals surface area contributed by atoms with Crippen LogP contribution in [0, 0.1) is 0 Å². The third-order valence-corrected chi connectivity index (χ3v) is 4.60. The number of imidazole rings is 1. The number of nitrogens with zero attached hydrogens (tertiary/aromatic N) is 4. The fourth-order valence-corrected chi connectivity index (χ4v) is 3.27. The first-order valence-corrected chi connectivity index (χ1v) is 8.76. The second-order valence-corrected chi connectivity index (χ2v) is 6.38. The molecule has 0 spiro atoms. The van der Waals surface area contributed by atoms with E-state index < -0.39 is 0 Å². The molecule has 0 amide bonds. The van der Waals surface area contributed by atoms with Crippen molar-refractivity contribution in [3.8, 4) is 5.88 Å². The Labute approximate surface area is 170 Å². The molecule has 0 aromatic carbocycles. The molecular weight excluding hydrogens is 387 g/mol. The molecule has 146 valence electrons. The zero-order valence-corrected chi connectivity index (χ0v) is 16.5. The summed E-state index contributed by atoms with van der Waals surface area (Å²) in [5, 5.41) is 13.3. The lowest BCUT2D eigenvalue weighted by atomic mass is 10.1. The molecule has 4 heterocycles. The second kappa shape index (κ2) is 9.73. The Hall–Kier alpha value is -2.09. The third-order valence-electron chi connectivity index (χ3n) is 4.60. The van der Waals surface area contributed by atoms with Gasteiger partial charge >= 0.3 is 0 Å². The molecule has 4 rings (SSSR count). The van der Waals surface area contributed by atoms with Gasteiger partial charge in [-0.2, -0.15) is 4.98 Å². The molecule has 3 N–H and O–H groups in total. The predicted molar refractivity (Wildman–Crippen MR) is 114 cm³/mol. The van der Waals surface area contributed by atoms with E-state index in [1.807, 2.05) is 18.2 Å². The van der Waals surface area contributed by atoms with Gasteiger partial charge in [-0.3, -0.25) is 0 Å². The average molecular weight is 411 g/mol. The molecule has 1 fully saturated rings. The zero-order valence-electron chi connectivity index (χ0n) is 14.9. The van der Waals surface area contributed by atoms with E-state index in [1.54, 1.807) is 12.4 Å². The maximum atomic E-state index is 10.1. The van der Waals surface area contributed by atoms with E-state index in [0.29, 0.717) is 17.5 Å². The van der Waals surface area contributed by atoms with Crippen LogP contribution in [0.15, 0.2) is 23.3 Å². The van der Waals surface area contributed by atoms with Crippen LogP contribution in [-0.2, 0) is 0 Å². The monoisotopic (exact) mass is 410 g/mol. The standard InChI is InChI=1S/C18H22N6O.2ClH/c25-17-15(11-13-12-21-16-14(13)5-4-6-19-16)22-18(23-17)20-7-10-24-8-2-1-3-9-24;;/h4-6,11-12,25H,1-3,7-10H2,(H2,20,22,23);2*1H. The zero-order chi connectivity index (χ0) is 17.1. The molecule has 0 saturated carbocycles. The minimum absolute atomic E-state index is 0. The molecule has 0 bridgehead atoms. The van der Waals surface area contributed by atoms with Crippen molar-refractivity contribution in [2.75, 3.05) is 31.5 Å². The van der Waals surface area contributed by atoms with Crippen LogP contribution in [0.2, 0.25) is 0 Å². The summed E-state index contributed by atoms with van der Waals surface area (Å²) >= 11 is 0. The van der Waals surface area contributed by atoms with Crippen molar-refractivity contribution in [2.24, 2.45) is 4.99 Å². The quantitative estimate of drug-likeness (QED) is 0.701. The summed E-state index contributed by atoms with van der Waals surface area (Å²) in [4.78, 5) is 18.2. The first-order chi connectivity index (χ1) is 12.3. The number of aromatic nitrogens is 3. The highest BCUT2D eigenvalue weighted by Gasteiger charge is 2.15. The Bertz CT molecular complexity index is 814. The number of aromatic hydroxyl groups is 1. The molecule has 7 nitrogen and oxygen atoms in total. The van der Waals surface area contributed by atoms with Gasteiger partial charge in [-0.15, -0.1) is 24.8 Å². The second-order valence-electron chi connectivity index (χ2n) is 6.38. The summed E-state index contributed by atoms with van der Waals surface area (Å²) in [7, 11) is 0. The fraction of sp³-hybridized carbons (Fsp3) is 0.389. The molecule has 0 radical (unpaired) electrons. The predicted octanol–water partition coefficient (Wildman–Crippen LogP) is 3.51. The fourth-order valence-electron chi connectivity index (χ4n) is 3.27. The molecule has 1 saturated heterocycles. The van der Waals surface area contributed by atoms with Crippen LogP contribution >= 0.6 is 24.8 Å². The van der Waals surface area contributed by atoms with Crippen molar-refractivity contribution >= 4 is 54.4 Å². The van der Waals surface area contributed by atoms with Gasteiger partial charge in [0.15, 0.2) is 5.82 Å². The highest BCUT2D eigenvalue weighted by Crippen LogP contribution is 2.31. The van der Waals surface area contributed by atoms with Crippen LogP contribution in [-0.4, -0.2) is 57.4 Å². The minimum atomic E-state index is -0.0151. The number of aromatic amines is 1. The number of anilines is 1. The molecule has 0 aliphatic carbocycles. The van der Waals surface area contributed by atoms with Crippen LogP contribution in [0.4, 0.5) is 11.8 Å². The molecule has 27 heavy (non-hydrogen) atoms. The Kier molecular flexibility index (Phi) is 7.65. The van der Waals surface area contributed by atoms with Gasteiger partial charge < -0.3 is 20.3 Å². The summed E-state index contributed by atoms with van der Waals surface area (Å²) < 4.78 is 0. The van der Waals surface area contributed by atoms with E-state index in [4.69, 9.17) is 0 Å². The molecule has 9 heteroatoms. The lowest BCUT2D eigenvalue weighted by Gasteiger charge is -2.26. The van der Waals surface area contributed by atoms with E-state index in [-0.39, 0.29) is 30.7 Å². The summed E-state index contributed by atoms with van der Waals surface area (Å²) in [6, 6.07) is 3.84. The molecule has 2 aromatic rings. The Morgan fingerprint density at radius 3 is 2.85 bits per heavy atom. The maximum absolute atomic E-state index is 10.1. The topological polar surface area (TPSA) is 89.4 Å². The summed E-state index contributed by atoms with van der Waals surface area (Å²) in [6.45, 7) is 4.14. The highest BCUT2D eigenvalue weighted by molar-refractivity contribution is 6.20. The van der Waals surface area contributed by atoms with Crippen molar-refractivity contribution in [1.82, 2.24) is 19.9 Å². The number of pyridine rings is 1. The number of rotatable bonds is 5. The average Bonchev–Trinajstić information content (AvgIpc) is 3.20. The number of nitrogens with one attached hydrogen (secondary N) is 2. The molecular formula is C18H24Cl2N6O. The van der Waals surface area contributed by atoms with Crippen molar-refractivity contribution in [3.05, 3.63) is 29.6 Å². The molecule has 0 unspecified atom stereocenters. The van der Waals surface area contributed by atoms with Gasteiger partial charge in [0.25, 0.3) is 0 Å². The van der Waals surface area contributed by atoms with E-state index in [1.165, 1.54) is 32.4 Å². The van der Waals surface area contributed by atoms with Crippen molar-refractivity contribution < 1.29 is 5.11 Å². The smallest absolute Gasteiger partial charge is 0.238 e. The highest BCUT2D eigenvalue weighted by atomic mass is 35.5. The van der Waals surface area contributed by atoms with Gasteiger partial charge in [-0.1, -0.05) is 6.42 Å². The molecule has 2 aliphatic heterocycles. The number of halogens is 2. The van der Waals surface area contributed by atoms with Gasteiger partial charge in [0.2, 0.25) is 11.8 Å². The van der Waals surface area contributed by atoms with E-state index in [9.17, 15) is 5.11 Å². The van der Waals surface area contributed by atoms with Gasteiger partial charge in [-0.05, 0) is 44.1 Å². The number of hydrogen-bond donors (Lipinski definition) is 3. The number of piperidine rings is 1. The first kappa shape index (κ1) is 21.2.